The largest absolute Gasteiger partial charge is 0.349 e. The van der Waals surface area contributed by atoms with Crippen molar-refractivity contribution in [1.82, 2.24) is 10.0 Å². The van der Waals surface area contributed by atoms with Crippen LogP contribution in [0.2, 0.25) is 0 Å². The zero-order valence-electron chi connectivity index (χ0n) is 12.6. The summed E-state index contributed by atoms with van der Waals surface area (Å²) in [6.45, 7) is 0. The molecule has 1 atom stereocenters. The first-order valence-corrected chi connectivity index (χ1v) is 8.98. The van der Waals surface area contributed by atoms with Crippen molar-refractivity contribution < 1.29 is 22.0 Å². The van der Waals surface area contributed by atoms with E-state index in [9.17, 15) is 22.0 Å². The van der Waals surface area contributed by atoms with Crippen LogP contribution in [0, 0.1) is 23.0 Å². The Hall–Kier alpha value is -2.05. The smallest absolute Gasteiger partial charge is 0.246 e. The Morgan fingerprint density at radius 1 is 1.29 bits per heavy atom. The summed E-state index contributed by atoms with van der Waals surface area (Å²) in [7, 11) is -4.47. The highest BCUT2D eigenvalue weighted by molar-refractivity contribution is 7.89. The Morgan fingerprint density at radius 2 is 1.92 bits per heavy atom. The van der Waals surface area contributed by atoms with E-state index >= 15 is 0 Å². The maximum Gasteiger partial charge on any atom is 0.246 e. The van der Waals surface area contributed by atoms with E-state index in [1.807, 2.05) is 0 Å². The number of carbonyl (C=O) groups excluding carboxylic acids is 1. The highest BCUT2D eigenvalue weighted by atomic mass is 32.2. The van der Waals surface area contributed by atoms with Crippen LogP contribution >= 0.6 is 0 Å². The number of amides is 1. The Kier molecular flexibility index (Phi) is 4.05. The predicted molar refractivity (Wildman–Crippen MR) is 79.1 cm³/mol. The highest BCUT2D eigenvalue weighted by Crippen LogP contribution is 2.39. The molecule has 1 spiro atoms. The number of rotatable bonds is 3. The SMILES string of the molecule is N#Cc1cc(F)c(S(=O)(=O)NC2CCC(=O)NC23CCC3)c(F)c1. The molecule has 0 bridgehead atoms. The summed E-state index contributed by atoms with van der Waals surface area (Å²) in [5.74, 6) is -2.79. The molecule has 1 aliphatic carbocycles. The van der Waals surface area contributed by atoms with E-state index in [4.69, 9.17) is 5.26 Å². The van der Waals surface area contributed by atoms with Crippen LogP contribution in [0.1, 0.15) is 37.7 Å². The molecule has 1 heterocycles. The minimum atomic E-state index is -4.47. The van der Waals surface area contributed by atoms with Gasteiger partial charge in [0.2, 0.25) is 15.9 Å². The Morgan fingerprint density at radius 3 is 2.42 bits per heavy atom. The van der Waals surface area contributed by atoms with Crippen LogP contribution in [0.3, 0.4) is 0 Å². The van der Waals surface area contributed by atoms with Gasteiger partial charge in [-0.2, -0.15) is 5.26 Å². The zero-order chi connectivity index (χ0) is 17.5. The van der Waals surface area contributed by atoms with Crippen molar-refractivity contribution in [2.45, 2.75) is 48.6 Å². The number of benzene rings is 1. The van der Waals surface area contributed by atoms with Crippen LogP contribution in [0.4, 0.5) is 8.78 Å². The number of halogens is 2. The first-order chi connectivity index (χ1) is 11.3. The van der Waals surface area contributed by atoms with Gasteiger partial charge in [-0.15, -0.1) is 0 Å². The van der Waals surface area contributed by atoms with Gasteiger partial charge in [0.15, 0.2) is 4.90 Å². The third-order valence-corrected chi connectivity index (χ3v) is 6.18. The molecule has 1 aliphatic heterocycles. The van der Waals surface area contributed by atoms with Gasteiger partial charge < -0.3 is 5.32 Å². The first kappa shape index (κ1) is 16.8. The van der Waals surface area contributed by atoms with Crippen molar-refractivity contribution >= 4 is 15.9 Å². The number of hydrogen-bond donors (Lipinski definition) is 2. The normalized spacial score (nSPS) is 22.5. The average molecular weight is 355 g/mol. The summed E-state index contributed by atoms with van der Waals surface area (Å²) < 4.78 is 55.3. The Bertz CT molecular complexity index is 821. The van der Waals surface area contributed by atoms with Crippen LogP contribution in [0.15, 0.2) is 17.0 Å². The molecule has 2 fully saturated rings. The van der Waals surface area contributed by atoms with E-state index in [2.05, 4.69) is 10.0 Å². The number of nitrogens with zero attached hydrogens (tertiary/aromatic N) is 1. The summed E-state index contributed by atoms with van der Waals surface area (Å²) in [6.07, 6.45) is 2.49. The molecule has 2 aliphatic rings. The van der Waals surface area contributed by atoms with Crippen molar-refractivity contribution in [2.24, 2.45) is 0 Å². The number of piperidine rings is 1. The Labute approximate surface area is 137 Å². The number of nitriles is 1. The maximum absolute atomic E-state index is 14.0. The summed E-state index contributed by atoms with van der Waals surface area (Å²) in [6, 6.07) is 2.30. The molecular weight excluding hydrogens is 340 g/mol. The van der Waals surface area contributed by atoms with Gasteiger partial charge in [-0.25, -0.2) is 21.9 Å². The van der Waals surface area contributed by atoms with E-state index in [1.54, 1.807) is 6.07 Å². The van der Waals surface area contributed by atoms with Gasteiger partial charge in [-0.3, -0.25) is 4.79 Å². The fraction of sp³-hybridized carbons (Fsp3) is 0.467. The fourth-order valence-corrected chi connectivity index (χ4v) is 4.78. The molecular formula is C15H15F2N3O3S. The quantitative estimate of drug-likeness (QED) is 0.854. The van der Waals surface area contributed by atoms with Crippen LogP contribution in [0.25, 0.3) is 0 Å². The van der Waals surface area contributed by atoms with E-state index in [1.165, 1.54) is 0 Å². The predicted octanol–water partition coefficient (Wildman–Crippen LogP) is 1.32. The Balaban J connectivity index is 1.92. The molecule has 3 rings (SSSR count). The monoisotopic (exact) mass is 355 g/mol. The summed E-state index contributed by atoms with van der Waals surface area (Å²) in [5, 5.41) is 11.5. The van der Waals surface area contributed by atoms with Crippen molar-refractivity contribution in [3.63, 3.8) is 0 Å². The third kappa shape index (κ3) is 2.76. The number of hydrogen-bond acceptors (Lipinski definition) is 4. The van der Waals surface area contributed by atoms with E-state index in [0.717, 1.165) is 6.42 Å². The molecule has 128 valence electrons. The van der Waals surface area contributed by atoms with Crippen molar-refractivity contribution in [1.29, 1.82) is 5.26 Å². The molecule has 24 heavy (non-hydrogen) atoms. The number of sulfonamides is 1. The first-order valence-electron chi connectivity index (χ1n) is 7.50. The zero-order valence-corrected chi connectivity index (χ0v) is 13.4. The molecule has 2 N–H and O–H groups in total. The van der Waals surface area contributed by atoms with Crippen molar-refractivity contribution in [3.05, 3.63) is 29.3 Å². The molecule has 1 unspecified atom stereocenters. The minimum Gasteiger partial charge on any atom is -0.349 e. The lowest BCUT2D eigenvalue weighted by Crippen LogP contribution is -2.68. The fourth-order valence-electron chi connectivity index (χ4n) is 3.31. The van der Waals surface area contributed by atoms with Gasteiger partial charge in [0.1, 0.15) is 11.6 Å². The molecule has 1 amide bonds. The molecule has 9 heteroatoms. The van der Waals surface area contributed by atoms with Crippen molar-refractivity contribution in [3.8, 4) is 6.07 Å². The van der Waals surface area contributed by atoms with Gasteiger partial charge in [0.05, 0.1) is 17.2 Å². The van der Waals surface area contributed by atoms with Gasteiger partial charge in [-0.05, 0) is 37.8 Å². The van der Waals surface area contributed by atoms with Gasteiger partial charge >= 0.3 is 0 Å². The van der Waals surface area contributed by atoms with Crippen molar-refractivity contribution in [2.75, 3.05) is 0 Å². The molecule has 1 saturated heterocycles. The van der Waals surface area contributed by atoms with Gasteiger partial charge in [0.25, 0.3) is 0 Å². The average Bonchev–Trinajstić information content (AvgIpc) is 2.46. The summed E-state index contributed by atoms with van der Waals surface area (Å²) in [4.78, 5) is 10.5. The lowest BCUT2D eigenvalue weighted by Gasteiger charge is -2.50. The second kappa shape index (κ2) is 5.79. The van der Waals surface area contributed by atoms with Crippen LogP contribution in [-0.2, 0) is 14.8 Å². The van der Waals surface area contributed by atoms with E-state index < -0.39 is 38.1 Å². The van der Waals surface area contributed by atoms with Gasteiger partial charge in [0, 0.05) is 12.5 Å². The number of nitrogens with one attached hydrogen (secondary N) is 2. The topological polar surface area (TPSA) is 99.1 Å². The minimum absolute atomic E-state index is 0.146. The second-order valence-electron chi connectivity index (χ2n) is 6.15. The summed E-state index contributed by atoms with van der Waals surface area (Å²) >= 11 is 0. The second-order valence-corrected chi connectivity index (χ2v) is 7.80. The summed E-state index contributed by atoms with van der Waals surface area (Å²) in [5.41, 5.74) is -0.980. The standard InChI is InChI=1S/C15H15F2N3O3S/c16-10-6-9(8-18)7-11(17)14(10)24(22,23)20-12-2-3-13(21)19-15(12)4-1-5-15/h6-7,12,20H,1-5H2,(H,19,21). The van der Waals surface area contributed by atoms with Crippen LogP contribution in [0.5, 0.6) is 0 Å². The molecule has 1 saturated carbocycles. The molecule has 1 aromatic rings. The van der Waals surface area contributed by atoms with Crippen LogP contribution in [-0.4, -0.2) is 25.9 Å². The lowest BCUT2D eigenvalue weighted by atomic mass is 9.68. The van der Waals surface area contributed by atoms with Gasteiger partial charge in [-0.1, -0.05) is 0 Å². The molecule has 6 nitrogen and oxygen atoms in total. The van der Waals surface area contributed by atoms with E-state index in [0.29, 0.717) is 25.0 Å². The molecule has 0 aromatic heterocycles. The maximum atomic E-state index is 14.0. The third-order valence-electron chi connectivity index (χ3n) is 4.65. The van der Waals surface area contributed by atoms with E-state index in [-0.39, 0.29) is 24.3 Å². The van der Waals surface area contributed by atoms with Crippen LogP contribution < -0.4 is 10.0 Å². The number of carbonyl (C=O) groups is 1. The molecule has 1 aromatic carbocycles. The lowest BCUT2D eigenvalue weighted by molar-refractivity contribution is -0.127. The highest BCUT2D eigenvalue weighted by Gasteiger charge is 2.49. The molecule has 0 radical (unpaired) electrons.